The number of hydrogen-bond acceptors (Lipinski definition) is 3. The van der Waals surface area contributed by atoms with Gasteiger partial charge in [0, 0.05) is 31.0 Å². The average molecular weight is 365 g/mol. The van der Waals surface area contributed by atoms with Crippen LogP contribution in [0, 0.1) is 0 Å². The van der Waals surface area contributed by atoms with Crippen LogP contribution >= 0.6 is 11.6 Å². The van der Waals surface area contributed by atoms with Crippen LogP contribution in [-0.4, -0.2) is 30.0 Å². The maximum absolute atomic E-state index is 12.7. The second-order valence-corrected chi connectivity index (χ2v) is 6.40. The number of amides is 1. The van der Waals surface area contributed by atoms with Gasteiger partial charge in [-0.3, -0.25) is 14.2 Å². The molecule has 0 saturated carbocycles. The minimum Gasteiger partial charge on any atom is -0.495 e. The summed E-state index contributed by atoms with van der Waals surface area (Å²) in [5, 5.41) is 4.26. The predicted octanol–water partition coefficient (Wildman–Crippen LogP) is 3.98. The van der Waals surface area contributed by atoms with Crippen LogP contribution in [0.25, 0.3) is 10.9 Å². The number of fused-ring (bicyclic) bond motifs is 1. The molecular weight excluding hydrogens is 340 g/mol. The number of hydrogen-bond donors (Lipinski definition) is 1. The first-order valence-electron chi connectivity index (χ1n) is 8.61. The molecule has 1 amide bonds. The number of aromatic nitrogens is 1. The van der Waals surface area contributed by atoms with Crippen LogP contribution in [0.3, 0.4) is 0 Å². The number of nitrogens with one attached hydrogen (secondary N) is 1. The van der Waals surface area contributed by atoms with Gasteiger partial charge in [-0.1, -0.05) is 25.4 Å². The Balaban J connectivity index is 2.66. The molecular formula is C19H25ClN2O3. The summed E-state index contributed by atoms with van der Waals surface area (Å²) in [5.41, 5.74) is 2.84. The molecule has 0 atom stereocenters. The monoisotopic (exact) mass is 364 g/mol. The van der Waals surface area contributed by atoms with E-state index in [1.165, 1.54) is 6.92 Å². The Morgan fingerprint density at radius 2 is 2.00 bits per heavy atom. The van der Waals surface area contributed by atoms with E-state index in [0.29, 0.717) is 30.2 Å². The Hall–Kier alpha value is -2.01. The fraction of sp³-hybridized carbons (Fsp3) is 0.474. The Kier molecular flexibility index (Phi) is 6.48. The van der Waals surface area contributed by atoms with Crippen molar-refractivity contribution in [2.45, 2.75) is 46.5 Å². The highest BCUT2D eigenvalue weighted by Gasteiger charge is 2.21. The lowest BCUT2D eigenvalue weighted by molar-refractivity contribution is -0.118. The number of halogens is 1. The van der Waals surface area contributed by atoms with E-state index >= 15 is 0 Å². The molecule has 1 aromatic heterocycles. The summed E-state index contributed by atoms with van der Waals surface area (Å²) in [5.74, 6) is 0.582. The van der Waals surface area contributed by atoms with E-state index in [4.69, 9.17) is 16.3 Å². The summed E-state index contributed by atoms with van der Waals surface area (Å²) in [7, 11) is 1.57. The Morgan fingerprint density at radius 3 is 2.56 bits per heavy atom. The van der Waals surface area contributed by atoms with Crippen molar-refractivity contribution in [1.82, 2.24) is 9.88 Å². The fourth-order valence-electron chi connectivity index (χ4n) is 3.19. The molecule has 1 N–H and O–H groups in total. The van der Waals surface area contributed by atoms with E-state index in [1.807, 2.05) is 19.9 Å². The topological polar surface area (TPSA) is 60.3 Å². The largest absolute Gasteiger partial charge is 0.495 e. The van der Waals surface area contributed by atoms with Gasteiger partial charge in [-0.15, -0.1) is 0 Å². The van der Waals surface area contributed by atoms with Crippen molar-refractivity contribution in [1.29, 1.82) is 0 Å². The highest BCUT2D eigenvalue weighted by atomic mass is 35.5. The quantitative estimate of drug-likeness (QED) is 0.808. The van der Waals surface area contributed by atoms with E-state index in [2.05, 4.69) is 5.32 Å². The molecule has 25 heavy (non-hydrogen) atoms. The fourth-order valence-corrected chi connectivity index (χ4v) is 3.42. The van der Waals surface area contributed by atoms with Crippen molar-refractivity contribution >= 4 is 34.3 Å². The normalized spacial score (nSPS) is 10.9. The van der Waals surface area contributed by atoms with Crippen molar-refractivity contribution in [2.75, 3.05) is 13.7 Å². The molecule has 1 aromatic carbocycles. The molecule has 6 heteroatoms. The van der Waals surface area contributed by atoms with Gasteiger partial charge in [-0.25, -0.2) is 0 Å². The third-order valence-corrected chi connectivity index (χ3v) is 4.55. The second kappa shape index (κ2) is 8.39. The summed E-state index contributed by atoms with van der Waals surface area (Å²) >= 11 is 6.30. The van der Waals surface area contributed by atoms with Gasteiger partial charge in [-0.05, 0) is 37.0 Å². The zero-order valence-electron chi connectivity index (χ0n) is 15.2. The van der Waals surface area contributed by atoms with Crippen LogP contribution in [0.1, 0.15) is 49.7 Å². The number of carbonyl (C=O) groups excluding carboxylic acids is 2. The first-order valence-corrected chi connectivity index (χ1v) is 8.99. The summed E-state index contributed by atoms with van der Waals surface area (Å²) in [4.78, 5) is 23.9. The van der Waals surface area contributed by atoms with Gasteiger partial charge in [0.05, 0.1) is 17.6 Å². The molecule has 0 fully saturated rings. The SMILES string of the molecule is CCCC(=O)n1c(CC)c(CCNC(C)=O)c2cc(OC)c(Cl)cc21. The number of rotatable bonds is 7. The molecule has 0 saturated heterocycles. The van der Waals surface area contributed by atoms with E-state index in [1.54, 1.807) is 17.7 Å². The minimum absolute atomic E-state index is 0.0653. The molecule has 136 valence electrons. The standard InChI is InChI=1S/C19H25ClN2O3/c1-5-7-19(24)22-16(6-2)13(8-9-21-12(3)23)14-10-18(25-4)15(20)11-17(14)22/h10-11H,5-9H2,1-4H3,(H,21,23). The molecule has 2 rings (SSSR count). The van der Waals surface area contributed by atoms with Crippen LogP contribution in [0.4, 0.5) is 0 Å². The highest BCUT2D eigenvalue weighted by Crippen LogP contribution is 2.35. The van der Waals surface area contributed by atoms with Crippen molar-refractivity contribution in [2.24, 2.45) is 0 Å². The number of methoxy groups -OCH3 is 1. The number of ether oxygens (including phenoxy) is 1. The second-order valence-electron chi connectivity index (χ2n) is 5.99. The van der Waals surface area contributed by atoms with E-state index < -0.39 is 0 Å². The van der Waals surface area contributed by atoms with Gasteiger partial charge in [0.2, 0.25) is 11.8 Å². The minimum atomic E-state index is -0.0653. The third-order valence-electron chi connectivity index (χ3n) is 4.25. The van der Waals surface area contributed by atoms with Crippen molar-refractivity contribution in [3.8, 4) is 5.75 Å². The predicted molar refractivity (Wildman–Crippen MR) is 101 cm³/mol. The molecule has 0 aliphatic rings. The smallest absolute Gasteiger partial charge is 0.231 e. The summed E-state index contributed by atoms with van der Waals surface area (Å²) in [6.07, 6.45) is 2.63. The highest BCUT2D eigenvalue weighted by molar-refractivity contribution is 6.33. The molecule has 5 nitrogen and oxygen atoms in total. The van der Waals surface area contributed by atoms with Crippen LogP contribution in [0.15, 0.2) is 12.1 Å². The van der Waals surface area contributed by atoms with Crippen molar-refractivity contribution in [3.63, 3.8) is 0 Å². The van der Waals surface area contributed by atoms with Gasteiger partial charge in [0.25, 0.3) is 0 Å². The molecule has 2 aromatic rings. The molecule has 0 bridgehead atoms. The molecule has 0 unspecified atom stereocenters. The lowest BCUT2D eigenvalue weighted by Crippen LogP contribution is -2.23. The van der Waals surface area contributed by atoms with Crippen LogP contribution in [0.2, 0.25) is 5.02 Å². The zero-order chi connectivity index (χ0) is 18.6. The lowest BCUT2D eigenvalue weighted by atomic mass is 10.1. The van der Waals surface area contributed by atoms with Gasteiger partial charge >= 0.3 is 0 Å². The Bertz CT molecular complexity index is 796. The van der Waals surface area contributed by atoms with Crippen molar-refractivity contribution < 1.29 is 14.3 Å². The molecule has 0 spiro atoms. The maximum atomic E-state index is 12.7. The number of nitrogens with zero attached hydrogens (tertiary/aromatic N) is 1. The van der Waals surface area contributed by atoms with Gasteiger partial charge < -0.3 is 10.1 Å². The van der Waals surface area contributed by atoms with E-state index in [0.717, 1.165) is 35.0 Å². The van der Waals surface area contributed by atoms with Gasteiger partial charge in [0.1, 0.15) is 5.75 Å². The summed E-state index contributed by atoms with van der Waals surface area (Å²) in [6.45, 7) is 6.04. The van der Waals surface area contributed by atoms with Crippen molar-refractivity contribution in [3.05, 3.63) is 28.4 Å². The average Bonchev–Trinajstić information content (AvgIpc) is 2.86. The van der Waals surface area contributed by atoms with E-state index in [-0.39, 0.29) is 11.8 Å². The zero-order valence-corrected chi connectivity index (χ0v) is 16.0. The molecule has 0 aliphatic carbocycles. The Labute approximate surface area is 153 Å². The lowest BCUT2D eigenvalue weighted by Gasteiger charge is -2.09. The van der Waals surface area contributed by atoms with Crippen LogP contribution < -0.4 is 10.1 Å². The van der Waals surface area contributed by atoms with E-state index in [9.17, 15) is 9.59 Å². The van der Waals surface area contributed by atoms with Gasteiger partial charge in [-0.2, -0.15) is 0 Å². The van der Waals surface area contributed by atoms with Crippen LogP contribution in [0.5, 0.6) is 5.75 Å². The Morgan fingerprint density at radius 1 is 1.28 bits per heavy atom. The number of benzene rings is 1. The third kappa shape index (κ3) is 3.98. The first-order chi connectivity index (χ1) is 11.9. The molecule has 1 heterocycles. The summed E-state index contributed by atoms with van der Waals surface area (Å²) in [6, 6.07) is 3.68. The first kappa shape index (κ1) is 19.3. The molecule has 0 radical (unpaired) electrons. The van der Waals surface area contributed by atoms with Crippen LogP contribution in [-0.2, 0) is 17.6 Å². The van der Waals surface area contributed by atoms with Gasteiger partial charge in [0.15, 0.2) is 0 Å². The number of carbonyl (C=O) groups is 2. The summed E-state index contributed by atoms with van der Waals surface area (Å²) < 4.78 is 7.13. The maximum Gasteiger partial charge on any atom is 0.231 e. The molecule has 0 aliphatic heterocycles.